The molecule has 0 fully saturated rings. The molecule has 0 aliphatic carbocycles. The standard InChI is InChI=1S/C9H9FN4/c1-14-5-8(11)9(13-14)6-2-7(10)4-12-3-6/h2-5H,11H2,1H3. The van der Waals surface area contributed by atoms with Gasteiger partial charge in [0.25, 0.3) is 0 Å². The molecule has 2 heterocycles. The maximum Gasteiger partial charge on any atom is 0.142 e. The van der Waals surface area contributed by atoms with E-state index < -0.39 is 5.82 Å². The second kappa shape index (κ2) is 3.10. The van der Waals surface area contributed by atoms with E-state index >= 15 is 0 Å². The monoisotopic (exact) mass is 192 g/mol. The van der Waals surface area contributed by atoms with Gasteiger partial charge in [0.15, 0.2) is 0 Å². The van der Waals surface area contributed by atoms with Gasteiger partial charge in [-0.2, -0.15) is 5.10 Å². The lowest BCUT2D eigenvalue weighted by atomic mass is 10.2. The largest absolute Gasteiger partial charge is 0.396 e. The van der Waals surface area contributed by atoms with Gasteiger partial charge in [-0.1, -0.05) is 0 Å². The van der Waals surface area contributed by atoms with Crippen LogP contribution in [0.3, 0.4) is 0 Å². The molecule has 2 aromatic rings. The molecule has 0 amide bonds. The Morgan fingerprint density at radius 2 is 2.21 bits per heavy atom. The van der Waals surface area contributed by atoms with Gasteiger partial charge in [-0.05, 0) is 6.07 Å². The summed E-state index contributed by atoms with van der Waals surface area (Å²) in [5, 5.41) is 4.11. The van der Waals surface area contributed by atoms with Crippen LogP contribution < -0.4 is 5.73 Å². The lowest BCUT2D eigenvalue weighted by molar-refractivity contribution is 0.622. The summed E-state index contributed by atoms with van der Waals surface area (Å²) >= 11 is 0. The van der Waals surface area contributed by atoms with Crippen molar-refractivity contribution < 1.29 is 4.39 Å². The second-order valence-electron chi connectivity index (χ2n) is 3.00. The van der Waals surface area contributed by atoms with Gasteiger partial charge in [0.2, 0.25) is 0 Å². The van der Waals surface area contributed by atoms with Gasteiger partial charge >= 0.3 is 0 Å². The Hall–Kier alpha value is -1.91. The first-order valence-corrected chi connectivity index (χ1v) is 4.07. The third-order valence-corrected chi connectivity index (χ3v) is 1.84. The zero-order valence-electron chi connectivity index (χ0n) is 7.61. The van der Waals surface area contributed by atoms with Gasteiger partial charge in [0.05, 0.1) is 11.9 Å². The van der Waals surface area contributed by atoms with Crippen LogP contribution in [-0.2, 0) is 7.05 Å². The van der Waals surface area contributed by atoms with Gasteiger partial charge in [0.1, 0.15) is 11.5 Å². The average Bonchev–Trinajstić information content (AvgIpc) is 2.45. The summed E-state index contributed by atoms with van der Waals surface area (Å²) in [6.45, 7) is 0. The Morgan fingerprint density at radius 3 is 2.79 bits per heavy atom. The quantitative estimate of drug-likeness (QED) is 0.738. The van der Waals surface area contributed by atoms with Crippen molar-refractivity contribution in [3.8, 4) is 11.3 Å². The Bertz CT molecular complexity index is 464. The van der Waals surface area contributed by atoms with E-state index in [9.17, 15) is 4.39 Å². The average molecular weight is 192 g/mol. The van der Waals surface area contributed by atoms with E-state index in [-0.39, 0.29) is 0 Å². The fourth-order valence-corrected chi connectivity index (χ4v) is 1.27. The number of rotatable bonds is 1. The van der Waals surface area contributed by atoms with Crippen LogP contribution in [-0.4, -0.2) is 14.8 Å². The first kappa shape index (κ1) is 8.68. The molecule has 0 aromatic carbocycles. The highest BCUT2D eigenvalue weighted by molar-refractivity contribution is 5.71. The summed E-state index contributed by atoms with van der Waals surface area (Å²) in [5.41, 5.74) is 7.35. The van der Waals surface area contributed by atoms with Gasteiger partial charge in [-0.25, -0.2) is 4.39 Å². The minimum absolute atomic E-state index is 0.396. The highest BCUT2D eigenvalue weighted by Crippen LogP contribution is 2.22. The smallest absolute Gasteiger partial charge is 0.142 e. The van der Waals surface area contributed by atoms with Crippen molar-refractivity contribution in [3.05, 3.63) is 30.5 Å². The van der Waals surface area contributed by atoms with Crippen molar-refractivity contribution in [3.63, 3.8) is 0 Å². The van der Waals surface area contributed by atoms with Crippen LogP contribution in [0.5, 0.6) is 0 Å². The molecule has 4 nitrogen and oxygen atoms in total. The van der Waals surface area contributed by atoms with Gasteiger partial charge in [-0.15, -0.1) is 0 Å². The molecule has 0 radical (unpaired) electrons. The van der Waals surface area contributed by atoms with Crippen LogP contribution in [0.15, 0.2) is 24.7 Å². The van der Waals surface area contributed by atoms with Crippen molar-refractivity contribution in [1.82, 2.24) is 14.8 Å². The molecule has 0 unspecified atom stereocenters. The molecular formula is C9H9FN4. The molecule has 2 N–H and O–H groups in total. The van der Waals surface area contributed by atoms with Crippen LogP contribution >= 0.6 is 0 Å². The van der Waals surface area contributed by atoms with Crippen molar-refractivity contribution in [2.24, 2.45) is 7.05 Å². The zero-order valence-corrected chi connectivity index (χ0v) is 7.61. The molecule has 5 heteroatoms. The molecule has 72 valence electrons. The number of nitrogens with two attached hydrogens (primary N) is 1. The van der Waals surface area contributed by atoms with E-state index in [0.717, 1.165) is 6.20 Å². The molecule has 0 aliphatic rings. The molecule has 2 rings (SSSR count). The highest BCUT2D eigenvalue weighted by Gasteiger charge is 2.07. The van der Waals surface area contributed by atoms with Crippen LogP contribution in [0.4, 0.5) is 10.1 Å². The molecule has 0 aliphatic heterocycles. The minimum atomic E-state index is -0.396. The van der Waals surface area contributed by atoms with Crippen LogP contribution in [0.1, 0.15) is 0 Å². The Labute approximate surface area is 80.2 Å². The van der Waals surface area contributed by atoms with Crippen LogP contribution in [0.2, 0.25) is 0 Å². The molecule has 0 bridgehead atoms. The van der Waals surface area contributed by atoms with E-state index in [2.05, 4.69) is 10.1 Å². The summed E-state index contributed by atoms with van der Waals surface area (Å²) in [4.78, 5) is 3.73. The molecule has 14 heavy (non-hydrogen) atoms. The lowest BCUT2D eigenvalue weighted by Gasteiger charge is -1.96. The topological polar surface area (TPSA) is 56.7 Å². The summed E-state index contributed by atoms with van der Waals surface area (Å²) in [5.74, 6) is -0.396. The molecule has 0 spiro atoms. The van der Waals surface area contributed by atoms with E-state index in [1.807, 2.05) is 0 Å². The number of aryl methyl sites for hydroxylation is 1. The van der Waals surface area contributed by atoms with Gasteiger partial charge in [0, 0.05) is 25.0 Å². The van der Waals surface area contributed by atoms with Crippen LogP contribution in [0.25, 0.3) is 11.3 Å². The summed E-state index contributed by atoms with van der Waals surface area (Å²) in [7, 11) is 1.76. The predicted molar refractivity (Wildman–Crippen MR) is 50.8 cm³/mol. The van der Waals surface area contributed by atoms with E-state index in [4.69, 9.17) is 5.73 Å². The predicted octanol–water partition coefficient (Wildman–Crippen LogP) is 1.20. The molecular weight excluding hydrogens is 183 g/mol. The Morgan fingerprint density at radius 1 is 1.43 bits per heavy atom. The Balaban J connectivity index is 2.54. The second-order valence-corrected chi connectivity index (χ2v) is 3.00. The number of aromatic nitrogens is 3. The molecule has 0 saturated heterocycles. The number of pyridine rings is 1. The van der Waals surface area contributed by atoms with E-state index in [1.54, 1.807) is 17.9 Å². The van der Waals surface area contributed by atoms with Crippen molar-refractivity contribution in [2.75, 3.05) is 5.73 Å². The fraction of sp³-hybridized carbons (Fsp3) is 0.111. The molecule has 0 saturated carbocycles. The van der Waals surface area contributed by atoms with Gasteiger partial charge in [-0.3, -0.25) is 9.67 Å². The third-order valence-electron chi connectivity index (χ3n) is 1.84. The number of anilines is 1. The van der Waals surface area contributed by atoms with E-state index in [0.29, 0.717) is 16.9 Å². The number of nitrogen functional groups attached to an aromatic ring is 1. The van der Waals surface area contributed by atoms with Crippen molar-refractivity contribution in [1.29, 1.82) is 0 Å². The zero-order chi connectivity index (χ0) is 10.1. The lowest BCUT2D eigenvalue weighted by Crippen LogP contribution is -1.90. The number of hydrogen-bond donors (Lipinski definition) is 1. The molecule has 0 atom stereocenters. The minimum Gasteiger partial charge on any atom is -0.396 e. The van der Waals surface area contributed by atoms with E-state index in [1.165, 1.54) is 12.3 Å². The fourth-order valence-electron chi connectivity index (χ4n) is 1.27. The van der Waals surface area contributed by atoms with Crippen LogP contribution in [0, 0.1) is 5.82 Å². The first-order valence-electron chi connectivity index (χ1n) is 4.07. The highest BCUT2D eigenvalue weighted by atomic mass is 19.1. The summed E-state index contributed by atoms with van der Waals surface area (Å²) in [6, 6.07) is 1.35. The maximum atomic E-state index is 12.9. The number of halogens is 1. The number of nitrogens with zero attached hydrogens (tertiary/aromatic N) is 3. The maximum absolute atomic E-state index is 12.9. The summed E-state index contributed by atoms with van der Waals surface area (Å²) in [6.07, 6.45) is 4.34. The normalized spacial score (nSPS) is 10.4. The number of hydrogen-bond acceptors (Lipinski definition) is 3. The summed E-state index contributed by atoms with van der Waals surface area (Å²) < 4.78 is 14.4. The van der Waals surface area contributed by atoms with Crippen molar-refractivity contribution in [2.45, 2.75) is 0 Å². The molecule has 2 aromatic heterocycles. The SMILES string of the molecule is Cn1cc(N)c(-c2cncc(F)c2)n1. The van der Waals surface area contributed by atoms with Gasteiger partial charge < -0.3 is 5.73 Å². The first-order chi connectivity index (χ1) is 6.66. The van der Waals surface area contributed by atoms with Crippen molar-refractivity contribution >= 4 is 5.69 Å². The third kappa shape index (κ3) is 1.44. The Kier molecular flexibility index (Phi) is 1.92.